The topological polar surface area (TPSA) is 97.5 Å². The molecule has 0 bridgehead atoms. The van der Waals surface area contributed by atoms with E-state index >= 15 is 0 Å². The van der Waals surface area contributed by atoms with Crippen LogP contribution in [0.5, 0.6) is 0 Å². The lowest BCUT2D eigenvalue weighted by molar-refractivity contribution is -0.113. The van der Waals surface area contributed by atoms with Gasteiger partial charge in [0.1, 0.15) is 0 Å². The Morgan fingerprint density at radius 2 is 2.00 bits per heavy atom. The highest BCUT2D eigenvalue weighted by Crippen LogP contribution is 1.90. The van der Waals surface area contributed by atoms with Gasteiger partial charge in [-0.25, -0.2) is 0 Å². The lowest BCUT2D eigenvalue weighted by Gasteiger charge is -1.90. The van der Waals surface area contributed by atoms with Crippen molar-refractivity contribution in [2.75, 3.05) is 5.75 Å². The second-order valence-electron chi connectivity index (χ2n) is 2.25. The number of nitrogens with two attached hydrogens (primary N) is 1. The highest BCUT2D eigenvalue weighted by molar-refractivity contribution is 7.85. The molecule has 0 spiro atoms. The first-order valence-electron chi connectivity index (χ1n) is 3.70. The Morgan fingerprint density at radius 1 is 1.62 bits per heavy atom. The average molecular weight is 209 g/mol. The molecule has 0 radical (unpaired) electrons. The van der Waals surface area contributed by atoms with Gasteiger partial charge in [-0.3, -0.25) is 9.35 Å². The minimum absolute atomic E-state index is 0.108. The fourth-order valence-electron chi connectivity index (χ4n) is 0.327. The molecular weight excluding hydrogens is 194 g/mol. The summed E-state index contributed by atoms with van der Waals surface area (Å²) >= 11 is 0. The standard InChI is InChI=1S/C4H10O3S.C3H5NO/c1-2-3-4-8(5,6)7;1-2-3(4)5/h2-4H2,1H3,(H,5,6,7);2H,1H2,(H2,4,5). The van der Waals surface area contributed by atoms with Crippen molar-refractivity contribution in [3.63, 3.8) is 0 Å². The molecule has 0 fully saturated rings. The van der Waals surface area contributed by atoms with E-state index in [1.807, 2.05) is 6.92 Å². The summed E-state index contributed by atoms with van der Waals surface area (Å²) in [5, 5.41) is 0. The first-order chi connectivity index (χ1) is 5.83. The SMILES string of the molecule is C=CC(N)=O.CCCCS(=O)(=O)O. The summed E-state index contributed by atoms with van der Waals surface area (Å²) in [6, 6.07) is 0. The quantitative estimate of drug-likeness (QED) is 0.515. The van der Waals surface area contributed by atoms with Gasteiger partial charge in [0, 0.05) is 0 Å². The summed E-state index contributed by atoms with van der Waals surface area (Å²) in [6.45, 7) is 4.95. The van der Waals surface area contributed by atoms with Crippen LogP contribution in [0.15, 0.2) is 12.7 Å². The Bertz CT molecular complexity index is 245. The number of hydrogen-bond acceptors (Lipinski definition) is 3. The van der Waals surface area contributed by atoms with E-state index in [1.165, 1.54) is 0 Å². The maximum atomic E-state index is 9.95. The van der Waals surface area contributed by atoms with Crippen molar-refractivity contribution < 1.29 is 17.8 Å². The molecule has 6 heteroatoms. The van der Waals surface area contributed by atoms with E-state index in [-0.39, 0.29) is 5.75 Å². The summed E-state index contributed by atoms with van der Waals surface area (Å²) < 4.78 is 28.0. The number of unbranched alkanes of at least 4 members (excludes halogenated alkanes) is 1. The number of carbonyl (C=O) groups excluding carboxylic acids is 1. The normalized spacial score (nSPS) is 9.69. The fourth-order valence-corrected chi connectivity index (χ4v) is 0.980. The molecule has 0 aliphatic rings. The zero-order valence-corrected chi connectivity index (χ0v) is 8.38. The molecule has 0 aromatic heterocycles. The van der Waals surface area contributed by atoms with E-state index in [9.17, 15) is 13.2 Å². The Labute approximate surface area is 78.4 Å². The van der Waals surface area contributed by atoms with Crippen molar-refractivity contribution in [2.24, 2.45) is 5.73 Å². The second-order valence-corrected chi connectivity index (χ2v) is 3.82. The summed E-state index contributed by atoms with van der Waals surface area (Å²) in [4.78, 5) is 9.47. The molecule has 0 rings (SSSR count). The van der Waals surface area contributed by atoms with Crippen molar-refractivity contribution in [2.45, 2.75) is 19.8 Å². The smallest absolute Gasteiger partial charge is 0.264 e. The van der Waals surface area contributed by atoms with Crippen LogP contribution in [0.25, 0.3) is 0 Å². The molecule has 78 valence electrons. The van der Waals surface area contributed by atoms with Crippen LogP contribution in [0.1, 0.15) is 19.8 Å². The van der Waals surface area contributed by atoms with Crippen molar-refractivity contribution in [3.8, 4) is 0 Å². The van der Waals surface area contributed by atoms with Crippen LogP contribution in [0, 0.1) is 0 Å². The predicted molar refractivity (Wildman–Crippen MR) is 50.7 cm³/mol. The lowest BCUT2D eigenvalue weighted by Crippen LogP contribution is -2.04. The van der Waals surface area contributed by atoms with E-state index in [0.717, 1.165) is 12.5 Å². The highest BCUT2D eigenvalue weighted by atomic mass is 32.2. The van der Waals surface area contributed by atoms with E-state index in [1.54, 1.807) is 0 Å². The Kier molecular flexibility index (Phi) is 8.73. The van der Waals surface area contributed by atoms with Gasteiger partial charge in [0.15, 0.2) is 0 Å². The zero-order valence-electron chi connectivity index (χ0n) is 7.56. The van der Waals surface area contributed by atoms with Gasteiger partial charge in [-0.15, -0.1) is 0 Å². The monoisotopic (exact) mass is 209 g/mol. The molecule has 1 amide bonds. The highest BCUT2D eigenvalue weighted by Gasteiger charge is 2.00. The first kappa shape index (κ1) is 14.6. The molecule has 0 unspecified atom stereocenters. The zero-order chi connectivity index (χ0) is 10.9. The van der Waals surface area contributed by atoms with E-state index in [2.05, 4.69) is 12.3 Å². The molecule has 0 heterocycles. The summed E-state index contributed by atoms with van der Waals surface area (Å²) in [5.41, 5.74) is 4.53. The molecule has 0 aromatic carbocycles. The fraction of sp³-hybridized carbons (Fsp3) is 0.571. The van der Waals surface area contributed by atoms with Gasteiger partial charge in [0.25, 0.3) is 10.1 Å². The molecule has 0 aliphatic carbocycles. The van der Waals surface area contributed by atoms with E-state index in [4.69, 9.17) is 4.55 Å². The third-order valence-electron chi connectivity index (χ3n) is 0.957. The number of carbonyl (C=O) groups is 1. The van der Waals surface area contributed by atoms with Crippen molar-refractivity contribution in [1.82, 2.24) is 0 Å². The average Bonchev–Trinajstić information content (AvgIpc) is 2.00. The largest absolute Gasteiger partial charge is 0.366 e. The minimum atomic E-state index is -3.69. The van der Waals surface area contributed by atoms with Gasteiger partial charge < -0.3 is 5.73 Å². The molecule has 0 saturated heterocycles. The number of rotatable bonds is 4. The molecule has 0 saturated carbocycles. The number of amides is 1. The molecule has 0 aromatic rings. The Balaban J connectivity index is 0. The summed E-state index contributed by atoms with van der Waals surface area (Å²) in [5.74, 6) is -0.589. The van der Waals surface area contributed by atoms with Crippen molar-refractivity contribution in [3.05, 3.63) is 12.7 Å². The molecular formula is C7H15NO4S. The minimum Gasteiger partial charge on any atom is -0.366 e. The van der Waals surface area contributed by atoms with Gasteiger partial charge in [-0.1, -0.05) is 19.9 Å². The van der Waals surface area contributed by atoms with Gasteiger partial charge in [0.05, 0.1) is 5.75 Å². The summed E-state index contributed by atoms with van der Waals surface area (Å²) in [7, 11) is -3.69. The molecule has 0 atom stereocenters. The van der Waals surface area contributed by atoms with Gasteiger partial charge in [-0.2, -0.15) is 8.42 Å². The van der Waals surface area contributed by atoms with Crippen molar-refractivity contribution >= 4 is 16.0 Å². The predicted octanol–water partition coefficient (Wildman–Crippen LogP) is 0.332. The first-order valence-corrected chi connectivity index (χ1v) is 5.31. The lowest BCUT2D eigenvalue weighted by atomic mass is 10.4. The van der Waals surface area contributed by atoms with E-state index in [0.29, 0.717) is 6.42 Å². The third kappa shape index (κ3) is 24.7. The Hall–Kier alpha value is -0.880. The van der Waals surface area contributed by atoms with Crippen LogP contribution in [-0.4, -0.2) is 24.6 Å². The number of hydrogen-bond donors (Lipinski definition) is 2. The van der Waals surface area contributed by atoms with Crippen LogP contribution in [-0.2, 0) is 14.9 Å². The van der Waals surface area contributed by atoms with Gasteiger partial charge in [-0.05, 0) is 12.5 Å². The van der Waals surface area contributed by atoms with Crippen LogP contribution >= 0.6 is 0 Å². The van der Waals surface area contributed by atoms with Crippen molar-refractivity contribution in [1.29, 1.82) is 0 Å². The third-order valence-corrected chi connectivity index (χ3v) is 1.76. The van der Waals surface area contributed by atoms with Crippen LogP contribution in [0.4, 0.5) is 0 Å². The van der Waals surface area contributed by atoms with Gasteiger partial charge >= 0.3 is 0 Å². The maximum absolute atomic E-state index is 9.95. The second kappa shape index (κ2) is 7.75. The summed E-state index contributed by atoms with van der Waals surface area (Å²) in [6.07, 6.45) is 2.39. The van der Waals surface area contributed by atoms with Crippen LogP contribution in [0.2, 0.25) is 0 Å². The Morgan fingerprint density at radius 3 is 2.08 bits per heavy atom. The maximum Gasteiger partial charge on any atom is 0.264 e. The molecule has 13 heavy (non-hydrogen) atoms. The molecule has 0 aliphatic heterocycles. The van der Waals surface area contributed by atoms with Crippen LogP contribution in [0.3, 0.4) is 0 Å². The number of primary amides is 1. The van der Waals surface area contributed by atoms with Gasteiger partial charge in [0.2, 0.25) is 5.91 Å². The van der Waals surface area contributed by atoms with E-state index < -0.39 is 16.0 Å². The van der Waals surface area contributed by atoms with Crippen LogP contribution < -0.4 is 5.73 Å². The molecule has 5 nitrogen and oxygen atoms in total. The molecule has 3 N–H and O–H groups in total.